The fourth-order valence-corrected chi connectivity index (χ4v) is 2.42. The highest BCUT2D eigenvalue weighted by Gasteiger charge is 2.03. The summed E-state index contributed by atoms with van der Waals surface area (Å²) in [5.41, 5.74) is 0. The summed E-state index contributed by atoms with van der Waals surface area (Å²) in [7, 11) is 0. The predicted octanol–water partition coefficient (Wildman–Crippen LogP) is 2.90. The van der Waals surface area contributed by atoms with E-state index in [2.05, 4.69) is 29.7 Å². The van der Waals surface area contributed by atoms with Crippen molar-refractivity contribution in [3.8, 4) is 0 Å². The van der Waals surface area contributed by atoms with E-state index in [0.29, 0.717) is 13.1 Å². The Balaban J connectivity index is 1.71. The Morgan fingerprint density at radius 1 is 1.22 bits per heavy atom. The number of hydrogen-bond acceptors (Lipinski definition) is 3. The molecule has 2 heterocycles. The maximum atomic E-state index is 11.5. The second kappa shape index (κ2) is 6.26. The van der Waals surface area contributed by atoms with Crippen LogP contribution in [-0.4, -0.2) is 6.03 Å². The lowest BCUT2D eigenvalue weighted by atomic mass is 10.4. The zero-order chi connectivity index (χ0) is 12.8. The third-order valence-electron chi connectivity index (χ3n) is 2.49. The molecule has 0 bridgehead atoms. The standard InChI is InChI=1S/C13H16N2O2S/c1-2-11-5-6-12(18-11)9-15-13(16)14-8-10-4-3-7-17-10/h3-7H,2,8-9H2,1H3,(H2,14,15,16). The largest absolute Gasteiger partial charge is 0.467 e. The van der Waals surface area contributed by atoms with E-state index in [1.165, 1.54) is 9.75 Å². The highest BCUT2D eigenvalue weighted by atomic mass is 32.1. The van der Waals surface area contributed by atoms with Crippen LogP contribution in [-0.2, 0) is 19.5 Å². The first-order chi connectivity index (χ1) is 8.78. The molecule has 0 fully saturated rings. The van der Waals surface area contributed by atoms with E-state index in [9.17, 15) is 4.79 Å². The van der Waals surface area contributed by atoms with Crippen LogP contribution < -0.4 is 10.6 Å². The molecule has 18 heavy (non-hydrogen) atoms. The van der Waals surface area contributed by atoms with Gasteiger partial charge in [-0.3, -0.25) is 0 Å². The highest BCUT2D eigenvalue weighted by Crippen LogP contribution is 2.16. The zero-order valence-electron chi connectivity index (χ0n) is 10.2. The summed E-state index contributed by atoms with van der Waals surface area (Å²) in [6.45, 7) is 3.09. The molecule has 0 aromatic carbocycles. The van der Waals surface area contributed by atoms with Crippen molar-refractivity contribution in [2.24, 2.45) is 0 Å². The van der Waals surface area contributed by atoms with E-state index >= 15 is 0 Å². The van der Waals surface area contributed by atoms with Gasteiger partial charge in [0.15, 0.2) is 0 Å². The SMILES string of the molecule is CCc1ccc(CNC(=O)NCc2ccco2)s1. The molecule has 0 atom stereocenters. The zero-order valence-corrected chi connectivity index (χ0v) is 11.0. The van der Waals surface area contributed by atoms with E-state index in [-0.39, 0.29) is 6.03 Å². The van der Waals surface area contributed by atoms with Crippen LogP contribution in [0.25, 0.3) is 0 Å². The lowest BCUT2D eigenvalue weighted by Gasteiger charge is -2.04. The minimum atomic E-state index is -0.183. The molecular weight excluding hydrogens is 248 g/mol. The van der Waals surface area contributed by atoms with Crippen LogP contribution in [0.15, 0.2) is 34.9 Å². The molecule has 0 unspecified atom stereocenters. The first-order valence-corrected chi connectivity index (χ1v) is 6.71. The maximum absolute atomic E-state index is 11.5. The molecule has 2 rings (SSSR count). The molecule has 0 saturated heterocycles. The predicted molar refractivity (Wildman–Crippen MR) is 71.5 cm³/mol. The van der Waals surface area contributed by atoms with Crippen LogP contribution in [0.3, 0.4) is 0 Å². The number of carbonyl (C=O) groups excluding carboxylic acids is 1. The van der Waals surface area contributed by atoms with Gasteiger partial charge in [0.05, 0.1) is 19.4 Å². The van der Waals surface area contributed by atoms with Crippen molar-refractivity contribution in [1.82, 2.24) is 10.6 Å². The van der Waals surface area contributed by atoms with Crippen molar-refractivity contribution >= 4 is 17.4 Å². The molecule has 0 aliphatic carbocycles. The highest BCUT2D eigenvalue weighted by molar-refractivity contribution is 7.11. The fourth-order valence-electron chi connectivity index (χ4n) is 1.52. The van der Waals surface area contributed by atoms with Gasteiger partial charge in [-0.05, 0) is 30.7 Å². The van der Waals surface area contributed by atoms with Crippen molar-refractivity contribution in [3.63, 3.8) is 0 Å². The van der Waals surface area contributed by atoms with Crippen LogP contribution in [0, 0.1) is 0 Å². The first kappa shape index (κ1) is 12.7. The molecule has 0 spiro atoms. The normalized spacial score (nSPS) is 10.3. The Morgan fingerprint density at radius 2 is 2.00 bits per heavy atom. The molecule has 2 N–H and O–H groups in total. The van der Waals surface area contributed by atoms with Gasteiger partial charge in [-0.25, -0.2) is 4.79 Å². The van der Waals surface area contributed by atoms with E-state index in [0.717, 1.165) is 12.2 Å². The maximum Gasteiger partial charge on any atom is 0.315 e. The van der Waals surface area contributed by atoms with Gasteiger partial charge < -0.3 is 15.1 Å². The molecule has 0 aliphatic heterocycles. The monoisotopic (exact) mass is 264 g/mol. The summed E-state index contributed by atoms with van der Waals surface area (Å²) < 4.78 is 5.12. The summed E-state index contributed by atoms with van der Waals surface area (Å²) in [5.74, 6) is 0.745. The summed E-state index contributed by atoms with van der Waals surface area (Å²) in [6, 6.07) is 7.59. The third-order valence-corrected chi connectivity index (χ3v) is 3.72. The lowest BCUT2D eigenvalue weighted by molar-refractivity contribution is 0.239. The number of urea groups is 1. The van der Waals surface area contributed by atoms with Gasteiger partial charge in [0.25, 0.3) is 0 Å². The summed E-state index contributed by atoms with van der Waals surface area (Å²) in [4.78, 5) is 14.0. The van der Waals surface area contributed by atoms with Gasteiger partial charge in [-0.15, -0.1) is 11.3 Å². The number of carbonyl (C=O) groups is 1. The van der Waals surface area contributed by atoms with Crippen molar-refractivity contribution < 1.29 is 9.21 Å². The minimum absolute atomic E-state index is 0.183. The third kappa shape index (κ3) is 3.63. The Labute approximate surface area is 110 Å². The average molecular weight is 264 g/mol. The first-order valence-electron chi connectivity index (χ1n) is 5.89. The van der Waals surface area contributed by atoms with Gasteiger partial charge in [-0.2, -0.15) is 0 Å². The number of hydrogen-bond donors (Lipinski definition) is 2. The summed E-state index contributed by atoms with van der Waals surface area (Å²) >= 11 is 1.73. The smallest absolute Gasteiger partial charge is 0.315 e. The number of rotatable bonds is 5. The Bertz CT molecular complexity index is 491. The van der Waals surface area contributed by atoms with Crippen LogP contribution in [0.1, 0.15) is 22.4 Å². The van der Waals surface area contributed by atoms with E-state index in [1.54, 1.807) is 23.7 Å². The van der Waals surface area contributed by atoms with E-state index in [1.807, 2.05) is 6.07 Å². The van der Waals surface area contributed by atoms with Gasteiger partial charge in [-0.1, -0.05) is 6.92 Å². The van der Waals surface area contributed by atoms with Crippen LogP contribution in [0.4, 0.5) is 4.79 Å². The number of amides is 2. The van der Waals surface area contributed by atoms with Crippen molar-refractivity contribution in [1.29, 1.82) is 0 Å². The van der Waals surface area contributed by atoms with Gasteiger partial charge in [0.1, 0.15) is 5.76 Å². The molecule has 2 amide bonds. The van der Waals surface area contributed by atoms with E-state index in [4.69, 9.17) is 4.42 Å². The Hall–Kier alpha value is -1.75. The topological polar surface area (TPSA) is 54.3 Å². The van der Waals surface area contributed by atoms with Crippen molar-refractivity contribution in [3.05, 3.63) is 46.0 Å². The molecule has 0 aliphatic rings. The molecular formula is C13H16N2O2S. The number of thiophene rings is 1. The van der Waals surface area contributed by atoms with Crippen molar-refractivity contribution in [2.45, 2.75) is 26.4 Å². The number of furan rings is 1. The van der Waals surface area contributed by atoms with Crippen LogP contribution in [0.5, 0.6) is 0 Å². The van der Waals surface area contributed by atoms with Crippen LogP contribution >= 0.6 is 11.3 Å². The van der Waals surface area contributed by atoms with E-state index < -0.39 is 0 Å². The molecule has 5 heteroatoms. The number of aryl methyl sites for hydroxylation is 1. The van der Waals surface area contributed by atoms with Gasteiger partial charge in [0, 0.05) is 9.75 Å². The van der Waals surface area contributed by atoms with Gasteiger partial charge in [0.2, 0.25) is 0 Å². The van der Waals surface area contributed by atoms with Crippen molar-refractivity contribution in [2.75, 3.05) is 0 Å². The lowest BCUT2D eigenvalue weighted by Crippen LogP contribution is -2.34. The minimum Gasteiger partial charge on any atom is -0.467 e. The molecule has 0 saturated carbocycles. The quantitative estimate of drug-likeness (QED) is 0.872. The average Bonchev–Trinajstić information content (AvgIpc) is 3.04. The fraction of sp³-hybridized carbons (Fsp3) is 0.308. The molecule has 2 aromatic heterocycles. The summed E-state index contributed by atoms with van der Waals surface area (Å²) in [6.07, 6.45) is 2.63. The molecule has 0 radical (unpaired) electrons. The second-order valence-electron chi connectivity index (χ2n) is 3.84. The van der Waals surface area contributed by atoms with Gasteiger partial charge >= 0.3 is 6.03 Å². The van der Waals surface area contributed by atoms with Crippen LogP contribution in [0.2, 0.25) is 0 Å². The Kier molecular flexibility index (Phi) is 4.41. The Morgan fingerprint density at radius 3 is 2.67 bits per heavy atom. The summed E-state index contributed by atoms with van der Waals surface area (Å²) in [5, 5.41) is 5.55. The molecule has 4 nitrogen and oxygen atoms in total. The molecule has 2 aromatic rings. The number of nitrogens with one attached hydrogen (secondary N) is 2. The second-order valence-corrected chi connectivity index (χ2v) is 5.09. The molecule has 96 valence electrons.